The van der Waals surface area contributed by atoms with Crippen molar-refractivity contribution in [3.8, 4) is 0 Å². The highest BCUT2D eigenvalue weighted by atomic mass is 16.5. The maximum Gasteiger partial charge on any atom is 0.150 e. The van der Waals surface area contributed by atoms with Gasteiger partial charge >= 0.3 is 0 Å². The molecule has 4 heteroatoms. The zero-order chi connectivity index (χ0) is 10.7. The van der Waals surface area contributed by atoms with Gasteiger partial charge in [0, 0.05) is 12.1 Å². The third kappa shape index (κ3) is 2.58. The van der Waals surface area contributed by atoms with E-state index in [4.69, 9.17) is 4.52 Å². The number of aromatic nitrogens is 1. The summed E-state index contributed by atoms with van der Waals surface area (Å²) in [5.74, 6) is 0.857. The summed E-state index contributed by atoms with van der Waals surface area (Å²) in [4.78, 5) is 2.16. The van der Waals surface area contributed by atoms with Gasteiger partial charge in [-0.25, -0.2) is 0 Å². The van der Waals surface area contributed by atoms with E-state index in [1.807, 2.05) is 13.1 Å². The van der Waals surface area contributed by atoms with E-state index in [9.17, 15) is 5.11 Å². The van der Waals surface area contributed by atoms with Gasteiger partial charge in [-0.15, -0.1) is 0 Å². The predicted octanol–water partition coefficient (Wildman–Crippen LogP) is 1.41. The Morgan fingerprint density at radius 3 is 3.00 bits per heavy atom. The molecule has 2 rings (SSSR count). The smallest absolute Gasteiger partial charge is 0.150 e. The number of aliphatic hydroxyl groups is 1. The van der Waals surface area contributed by atoms with Gasteiger partial charge in [-0.1, -0.05) is 18.0 Å². The molecule has 0 aromatic carbocycles. The SMILES string of the molecule is CN(Cc1ccno1)C1CCCCC1O. The quantitative estimate of drug-likeness (QED) is 0.819. The van der Waals surface area contributed by atoms with Gasteiger partial charge in [0.1, 0.15) is 0 Å². The lowest BCUT2D eigenvalue weighted by atomic mass is 9.91. The van der Waals surface area contributed by atoms with E-state index in [0.717, 1.165) is 31.6 Å². The molecule has 1 heterocycles. The topological polar surface area (TPSA) is 49.5 Å². The molecule has 1 saturated carbocycles. The van der Waals surface area contributed by atoms with Crippen molar-refractivity contribution in [1.29, 1.82) is 0 Å². The summed E-state index contributed by atoms with van der Waals surface area (Å²) >= 11 is 0. The molecule has 15 heavy (non-hydrogen) atoms. The summed E-state index contributed by atoms with van der Waals surface area (Å²) in [6.07, 6.45) is 5.82. The first-order valence-electron chi connectivity index (χ1n) is 5.55. The third-order valence-electron chi connectivity index (χ3n) is 3.16. The molecule has 2 atom stereocenters. The Hall–Kier alpha value is -0.870. The maximum atomic E-state index is 9.88. The van der Waals surface area contributed by atoms with E-state index in [0.29, 0.717) is 0 Å². The highest BCUT2D eigenvalue weighted by Crippen LogP contribution is 2.23. The molecule has 1 aliphatic rings. The number of rotatable bonds is 3. The second-order valence-electron chi connectivity index (χ2n) is 4.31. The van der Waals surface area contributed by atoms with Crippen molar-refractivity contribution in [1.82, 2.24) is 10.1 Å². The lowest BCUT2D eigenvalue weighted by molar-refractivity contribution is 0.0255. The molecule has 1 aromatic rings. The highest BCUT2D eigenvalue weighted by Gasteiger charge is 2.26. The minimum absolute atomic E-state index is 0.188. The standard InChI is InChI=1S/C11H18N2O2/c1-13(8-9-6-7-12-15-9)10-4-2-3-5-11(10)14/h6-7,10-11,14H,2-5,8H2,1H3. The van der Waals surface area contributed by atoms with Crippen LogP contribution in [0, 0.1) is 0 Å². The molecular weight excluding hydrogens is 192 g/mol. The van der Waals surface area contributed by atoms with Crippen LogP contribution in [-0.2, 0) is 6.54 Å². The molecule has 1 fully saturated rings. The molecule has 2 unspecified atom stereocenters. The number of hydrogen-bond acceptors (Lipinski definition) is 4. The third-order valence-corrected chi connectivity index (χ3v) is 3.16. The highest BCUT2D eigenvalue weighted by molar-refractivity contribution is 4.94. The van der Waals surface area contributed by atoms with Crippen LogP contribution in [-0.4, -0.2) is 34.4 Å². The van der Waals surface area contributed by atoms with Crippen LogP contribution >= 0.6 is 0 Å². The fourth-order valence-electron chi connectivity index (χ4n) is 2.29. The van der Waals surface area contributed by atoms with Crippen LogP contribution < -0.4 is 0 Å². The molecule has 0 radical (unpaired) electrons. The van der Waals surface area contributed by atoms with Crippen LogP contribution in [0.2, 0.25) is 0 Å². The van der Waals surface area contributed by atoms with Crippen LogP contribution in [0.25, 0.3) is 0 Å². The van der Waals surface area contributed by atoms with E-state index in [-0.39, 0.29) is 12.1 Å². The van der Waals surface area contributed by atoms with Crippen molar-refractivity contribution in [2.24, 2.45) is 0 Å². The number of aliphatic hydroxyl groups excluding tert-OH is 1. The van der Waals surface area contributed by atoms with E-state index in [1.54, 1.807) is 6.20 Å². The second-order valence-corrected chi connectivity index (χ2v) is 4.31. The Bertz CT molecular complexity index is 287. The van der Waals surface area contributed by atoms with E-state index in [1.165, 1.54) is 6.42 Å². The molecule has 0 amide bonds. The predicted molar refractivity (Wildman–Crippen MR) is 56.2 cm³/mol. The van der Waals surface area contributed by atoms with Gasteiger partial charge < -0.3 is 9.63 Å². The Balaban J connectivity index is 1.91. The molecule has 4 nitrogen and oxygen atoms in total. The Morgan fingerprint density at radius 2 is 2.33 bits per heavy atom. The largest absolute Gasteiger partial charge is 0.391 e. The minimum Gasteiger partial charge on any atom is -0.391 e. The van der Waals surface area contributed by atoms with Gasteiger partial charge in [0.15, 0.2) is 5.76 Å². The van der Waals surface area contributed by atoms with Crippen molar-refractivity contribution in [2.75, 3.05) is 7.05 Å². The Kier molecular flexibility index (Phi) is 3.38. The number of likely N-dealkylation sites (N-methyl/N-ethyl adjacent to an activating group) is 1. The Morgan fingerprint density at radius 1 is 1.53 bits per heavy atom. The van der Waals surface area contributed by atoms with Crippen LogP contribution in [0.1, 0.15) is 31.4 Å². The minimum atomic E-state index is -0.188. The summed E-state index contributed by atoms with van der Waals surface area (Å²) in [7, 11) is 2.03. The first kappa shape index (κ1) is 10.6. The van der Waals surface area contributed by atoms with Gasteiger partial charge in [0.05, 0.1) is 18.8 Å². The van der Waals surface area contributed by atoms with Crippen molar-refractivity contribution < 1.29 is 9.63 Å². The van der Waals surface area contributed by atoms with Crippen molar-refractivity contribution in [3.63, 3.8) is 0 Å². The zero-order valence-corrected chi connectivity index (χ0v) is 9.09. The maximum absolute atomic E-state index is 9.88. The average molecular weight is 210 g/mol. The summed E-state index contributed by atoms with van der Waals surface area (Å²) in [6.45, 7) is 0.724. The fourth-order valence-corrected chi connectivity index (χ4v) is 2.29. The molecule has 1 aromatic heterocycles. The molecule has 0 saturated heterocycles. The lowest BCUT2D eigenvalue weighted by Crippen LogP contribution is -2.42. The van der Waals surface area contributed by atoms with Crippen molar-refractivity contribution >= 4 is 0 Å². The monoisotopic (exact) mass is 210 g/mol. The summed E-state index contributed by atoms with van der Waals surface area (Å²) in [6, 6.07) is 2.13. The van der Waals surface area contributed by atoms with E-state index >= 15 is 0 Å². The van der Waals surface area contributed by atoms with Gasteiger partial charge in [-0.2, -0.15) is 0 Å². The molecule has 0 spiro atoms. The molecule has 1 aliphatic carbocycles. The van der Waals surface area contributed by atoms with Crippen LogP contribution in [0.15, 0.2) is 16.8 Å². The fraction of sp³-hybridized carbons (Fsp3) is 0.727. The first-order valence-corrected chi connectivity index (χ1v) is 5.55. The van der Waals surface area contributed by atoms with Crippen molar-refractivity contribution in [3.05, 3.63) is 18.0 Å². The number of hydrogen-bond donors (Lipinski definition) is 1. The molecule has 0 bridgehead atoms. The molecule has 0 aliphatic heterocycles. The van der Waals surface area contributed by atoms with Gasteiger partial charge in [0.2, 0.25) is 0 Å². The Labute approximate surface area is 89.9 Å². The summed E-state index contributed by atoms with van der Waals surface area (Å²) in [5, 5.41) is 13.6. The van der Waals surface area contributed by atoms with Crippen molar-refractivity contribution in [2.45, 2.75) is 44.4 Å². The van der Waals surface area contributed by atoms with Gasteiger partial charge in [-0.3, -0.25) is 4.90 Å². The molecule has 1 N–H and O–H groups in total. The summed E-state index contributed by atoms with van der Waals surface area (Å²) in [5.41, 5.74) is 0. The molecule has 84 valence electrons. The van der Waals surface area contributed by atoms with Gasteiger partial charge in [-0.05, 0) is 19.9 Å². The van der Waals surface area contributed by atoms with Crippen LogP contribution in [0.5, 0.6) is 0 Å². The van der Waals surface area contributed by atoms with E-state index in [2.05, 4.69) is 10.1 Å². The lowest BCUT2D eigenvalue weighted by Gasteiger charge is -2.34. The second kappa shape index (κ2) is 4.77. The summed E-state index contributed by atoms with van der Waals surface area (Å²) < 4.78 is 5.06. The average Bonchev–Trinajstić information content (AvgIpc) is 2.71. The van der Waals surface area contributed by atoms with Crippen LogP contribution in [0.3, 0.4) is 0 Å². The normalized spacial score (nSPS) is 27.1. The first-order chi connectivity index (χ1) is 7.27. The van der Waals surface area contributed by atoms with Gasteiger partial charge in [0.25, 0.3) is 0 Å². The zero-order valence-electron chi connectivity index (χ0n) is 9.09. The number of nitrogens with zero attached hydrogens (tertiary/aromatic N) is 2. The van der Waals surface area contributed by atoms with Crippen LogP contribution in [0.4, 0.5) is 0 Å². The van der Waals surface area contributed by atoms with E-state index < -0.39 is 0 Å². The molecular formula is C11H18N2O2.